The Morgan fingerprint density at radius 3 is 2.61 bits per heavy atom. The quantitative estimate of drug-likeness (QED) is 0.697. The number of amides is 1. The molecule has 0 atom stereocenters. The van der Waals surface area contributed by atoms with Crippen molar-refractivity contribution in [3.63, 3.8) is 0 Å². The third-order valence-electron chi connectivity index (χ3n) is 4.02. The molecule has 3 aromatic rings. The van der Waals surface area contributed by atoms with Gasteiger partial charge >= 0.3 is 0 Å². The molecule has 2 aromatic heterocycles. The molecular formula is C20H19FN4O3. The molecule has 1 amide bonds. The second kappa shape index (κ2) is 8.43. The topological polar surface area (TPSA) is 86.2 Å². The summed E-state index contributed by atoms with van der Waals surface area (Å²) in [5.74, 6) is 0.299. The van der Waals surface area contributed by atoms with Crippen molar-refractivity contribution >= 4 is 5.91 Å². The van der Waals surface area contributed by atoms with E-state index in [-0.39, 0.29) is 23.2 Å². The van der Waals surface area contributed by atoms with E-state index in [1.807, 2.05) is 0 Å². The molecule has 0 aliphatic rings. The van der Waals surface area contributed by atoms with Crippen molar-refractivity contribution in [2.45, 2.75) is 20.3 Å². The van der Waals surface area contributed by atoms with Gasteiger partial charge < -0.3 is 14.8 Å². The average Bonchev–Trinajstić information content (AvgIpc) is 2.72. The van der Waals surface area contributed by atoms with E-state index in [1.54, 1.807) is 38.1 Å². The van der Waals surface area contributed by atoms with E-state index in [4.69, 9.17) is 9.47 Å². The summed E-state index contributed by atoms with van der Waals surface area (Å²) >= 11 is 0. The minimum atomic E-state index is -0.583. The van der Waals surface area contributed by atoms with Crippen LogP contribution in [0.3, 0.4) is 0 Å². The fourth-order valence-electron chi connectivity index (χ4n) is 2.48. The van der Waals surface area contributed by atoms with Gasteiger partial charge in [0.2, 0.25) is 5.82 Å². The number of nitrogens with one attached hydrogen (secondary N) is 1. The lowest BCUT2D eigenvalue weighted by atomic mass is 10.2. The molecule has 0 unspecified atom stereocenters. The molecule has 2 heterocycles. The molecule has 144 valence electrons. The second-order valence-electron chi connectivity index (χ2n) is 5.83. The summed E-state index contributed by atoms with van der Waals surface area (Å²) in [4.78, 5) is 23.5. The van der Waals surface area contributed by atoms with Gasteiger partial charge in [0.05, 0.1) is 5.69 Å². The standard InChI is InChI=1S/C20H19FN4O3/c1-4-14-18(21)20(25-11-24-14)28-17-7-5-6-16(12(17)2)27-13-8-9-23-15(10-13)19(26)22-3/h5-11H,4H2,1-3H3,(H,22,26). The van der Waals surface area contributed by atoms with Gasteiger partial charge in [-0.05, 0) is 31.5 Å². The van der Waals surface area contributed by atoms with Crippen LogP contribution in [0.25, 0.3) is 0 Å². The molecule has 28 heavy (non-hydrogen) atoms. The first-order valence-corrected chi connectivity index (χ1v) is 8.66. The molecule has 8 heteroatoms. The Labute approximate surface area is 161 Å². The number of rotatable bonds is 6. The Bertz CT molecular complexity index is 1010. The number of ether oxygens (including phenoxy) is 2. The van der Waals surface area contributed by atoms with Gasteiger partial charge in [0.15, 0.2) is 0 Å². The smallest absolute Gasteiger partial charge is 0.269 e. The van der Waals surface area contributed by atoms with Crippen molar-refractivity contribution in [3.05, 3.63) is 65.6 Å². The van der Waals surface area contributed by atoms with Gasteiger partial charge in [-0.3, -0.25) is 9.78 Å². The Balaban J connectivity index is 1.87. The molecule has 0 aliphatic heterocycles. The number of carbonyl (C=O) groups is 1. The number of benzene rings is 1. The lowest BCUT2D eigenvalue weighted by Crippen LogP contribution is -2.18. The number of halogens is 1. The molecule has 0 saturated heterocycles. The van der Waals surface area contributed by atoms with Gasteiger partial charge in [0.1, 0.15) is 29.3 Å². The van der Waals surface area contributed by atoms with E-state index < -0.39 is 5.82 Å². The molecule has 0 saturated carbocycles. The van der Waals surface area contributed by atoms with E-state index in [9.17, 15) is 9.18 Å². The highest BCUT2D eigenvalue weighted by atomic mass is 19.1. The highest BCUT2D eigenvalue weighted by Crippen LogP contribution is 2.34. The summed E-state index contributed by atoms with van der Waals surface area (Å²) in [6, 6.07) is 8.33. The highest BCUT2D eigenvalue weighted by Gasteiger charge is 2.15. The molecule has 0 radical (unpaired) electrons. The Hall–Kier alpha value is -3.55. The third kappa shape index (κ3) is 4.06. The SMILES string of the molecule is CCc1ncnc(Oc2cccc(Oc3ccnc(C(=O)NC)c3)c2C)c1F. The van der Waals surface area contributed by atoms with Crippen LogP contribution >= 0.6 is 0 Å². The fourth-order valence-corrected chi connectivity index (χ4v) is 2.48. The van der Waals surface area contributed by atoms with Crippen molar-refractivity contribution in [2.24, 2.45) is 0 Å². The molecule has 0 fully saturated rings. The maximum Gasteiger partial charge on any atom is 0.269 e. The summed E-state index contributed by atoms with van der Waals surface area (Å²) < 4.78 is 25.9. The first-order chi connectivity index (χ1) is 13.5. The predicted octanol–water partition coefficient (Wildman–Crippen LogP) is 3.83. The van der Waals surface area contributed by atoms with E-state index >= 15 is 0 Å². The Kier molecular flexibility index (Phi) is 5.78. The summed E-state index contributed by atoms with van der Waals surface area (Å²) in [5, 5.41) is 2.51. The molecular weight excluding hydrogens is 363 g/mol. The second-order valence-corrected chi connectivity index (χ2v) is 5.83. The third-order valence-corrected chi connectivity index (χ3v) is 4.02. The minimum absolute atomic E-state index is 0.141. The van der Waals surface area contributed by atoms with Crippen molar-refractivity contribution in [1.82, 2.24) is 20.3 Å². The zero-order valence-corrected chi connectivity index (χ0v) is 15.7. The molecule has 7 nitrogen and oxygen atoms in total. The molecule has 0 aliphatic carbocycles. The van der Waals surface area contributed by atoms with Gasteiger partial charge in [-0.25, -0.2) is 4.98 Å². The molecule has 0 bridgehead atoms. The van der Waals surface area contributed by atoms with Crippen molar-refractivity contribution in [2.75, 3.05) is 7.05 Å². The van der Waals surface area contributed by atoms with Crippen LogP contribution in [0.5, 0.6) is 23.1 Å². The summed E-state index contributed by atoms with van der Waals surface area (Å²) in [5.41, 5.74) is 1.17. The highest BCUT2D eigenvalue weighted by molar-refractivity contribution is 5.92. The van der Waals surface area contributed by atoms with Crippen LogP contribution in [0, 0.1) is 12.7 Å². The van der Waals surface area contributed by atoms with Gasteiger partial charge in [-0.2, -0.15) is 9.37 Å². The number of nitrogens with zero attached hydrogens (tertiary/aromatic N) is 3. The van der Waals surface area contributed by atoms with Crippen molar-refractivity contribution in [1.29, 1.82) is 0 Å². The van der Waals surface area contributed by atoms with Crippen LogP contribution in [0.4, 0.5) is 4.39 Å². The first-order valence-electron chi connectivity index (χ1n) is 8.66. The largest absolute Gasteiger partial charge is 0.457 e. The van der Waals surface area contributed by atoms with Gasteiger partial charge in [-0.1, -0.05) is 13.0 Å². The number of aromatic nitrogens is 3. The summed E-state index contributed by atoms with van der Waals surface area (Å²) in [6.07, 6.45) is 3.19. The maximum atomic E-state index is 14.4. The van der Waals surface area contributed by atoms with Crippen LogP contribution in [0.2, 0.25) is 0 Å². The number of carbonyl (C=O) groups excluding carboxylic acids is 1. The molecule has 1 aromatic carbocycles. The van der Waals surface area contributed by atoms with Gasteiger partial charge in [0, 0.05) is 24.9 Å². The predicted molar refractivity (Wildman–Crippen MR) is 100 cm³/mol. The Morgan fingerprint density at radius 2 is 1.89 bits per heavy atom. The van der Waals surface area contributed by atoms with Gasteiger partial charge in [0.25, 0.3) is 11.8 Å². The number of hydrogen-bond acceptors (Lipinski definition) is 6. The molecule has 0 spiro atoms. The number of pyridine rings is 1. The lowest BCUT2D eigenvalue weighted by Gasteiger charge is -2.14. The molecule has 1 N–H and O–H groups in total. The monoisotopic (exact) mass is 382 g/mol. The first kappa shape index (κ1) is 19.2. The normalized spacial score (nSPS) is 10.4. The van der Waals surface area contributed by atoms with Crippen molar-refractivity contribution < 1.29 is 18.7 Å². The summed E-state index contributed by atoms with van der Waals surface area (Å²) in [7, 11) is 1.53. The van der Waals surface area contributed by atoms with E-state index in [1.165, 1.54) is 25.6 Å². The van der Waals surface area contributed by atoms with E-state index in [0.717, 1.165) is 0 Å². The lowest BCUT2D eigenvalue weighted by molar-refractivity contribution is 0.0958. The van der Waals surface area contributed by atoms with Crippen LogP contribution in [0.15, 0.2) is 42.9 Å². The maximum absolute atomic E-state index is 14.4. The zero-order chi connectivity index (χ0) is 20.1. The number of aryl methyl sites for hydroxylation is 1. The van der Waals surface area contributed by atoms with E-state index in [2.05, 4.69) is 20.3 Å². The van der Waals surface area contributed by atoms with Crippen LogP contribution in [-0.2, 0) is 6.42 Å². The zero-order valence-electron chi connectivity index (χ0n) is 15.7. The summed E-state index contributed by atoms with van der Waals surface area (Å²) in [6.45, 7) is 3.59. The van der Waals surface area contributed by atoms with Gasteiger partial charge in [-0.15, -0.1) is 0 Å². The minimum Gasteiger partial charge on any atom is -0.457 e. The Morgan fingerprint density at radius 1 is 1.14 bits per heavy atom. The van der Waals surface area contributed by atoms with Crippen LogP contribution < -0.4 is 14.8 Å². The van der Waals surface area contributed by atoms with Crippen LogP contribution in [0.1, 0.15) is 28.7 Å². The molecule has 3 rings (SSSR count). The average molecular weight is 382 g/mol. The fraction of sp³-hybridized carbons (Fsp3) is 0.200. The van der Waals surface area contributed by atoms with Crippen molar-refractivity contribution in [3.8, 4) is 23.1 Å². The van der Waals surface area contributed by atoms with E-state index in [0.29, 0.717) is 29.2 Å². The van der Waals surface area contributed by atoms with Crippen LogP contribution in [-0.4, -0.2) is 27.9 Å². The number of hydrogen-bond donors (Lipinski definition) is 1.